The molecule has 4 rings (SSSR count). The van der Waals surface area contributed by atoms with Crippen LogP contribution in [0.5, 0.6) is 0 Å². The third-order valence-corrected chi connectivity index (χ3v) is 5.88. The standard InChI is InChI=1S/C23H22N4O2S/c1-15(2)16-3-5-20-19(13-16)23(29)27-14-17(4-6-21(27)26-20)22(28)25-11-12-30-18-7-9-24-10-8-18/h3-10,13-15H,11-12H2,1-2H3,(H,25,28). The number of pyridine rings is 2. The average molecular weight is 419 g/mol. The molecule has 3 heterocycles. The largest absolute Gasteiger partial charge is 0.351 e. The van der Waals surface area contributed by atoms with Gasteiger partial charge in [0.15, 0.2) is 0 Å². The SMILES string of the molecule is CC(C)c1ccc2nc3ccc(C(=O)NCCSc4ccncc4)cn3c(=O)c2c1. The molecule has 0 aliphatic heterocycles. The lowest BCUT2D eigenvalue weighted by molar-refractivity contribution is 0.0955. The van der Waals surface area contributed by atoms with Crippen LogP contribution in [-0.2, 0) is 0 Å². The van der Waals surface area contributed by atoms with Crippen molar-refractivity contribution in [3.63, 3.8) is 0 Å². The van der Waals surface area contributed by atoms with Gasteiger partial charge in [-0.2, -0.15) is 0 Å². The number of carbonyl (C=O) groups excluding carboxylic acids is 1. The van der Waals surface area contributed by atoms with Gasteiger partial charge in [0.2, 0.25) is 0 Å². The van der Waals surface area contributed by atoms with Crippen LogP contribution in [0.15, 0.2) is 70.7 Å². The molecular weight excluding hydrogens is 396 g/mol. The van der Waals surface area contributed by atoms with E-state index in [1.807, 2.05) is 30.3 Å². The van der Waals surface area contributed by atoms with E-state index < -0.39 is 0 Å². The third kappa shape index (κ3) is 4.21. The summed E-state index contributed by atoms with van der Waals surface area (Å²) >= 11 is 1.65. The van der Waals surface area contributed by atoms with Crippen LogP contribution < -0.4 is 10.9 Å². The van der Waals surface area contributed by atoms with E-state index in [4.69, 9.17) is 0 Å². The highest BCUT2D eigenvalue weighted by Gasteiger charge is 2.11. The van der Waals surface area contributed by atoms with Crippen molar-refractivity contribution >= 4 is 34.2 Å². The molecule has 1 N–H and O–H groups in total. The molecule has 0 spiro atoms. The molecule has 7 heteroatoms. The summed E-state index contributed by atoms with van der Waals surface area (Å²) < 4.78 is 1.45. The number of amides is 1. The van der Waals surface area contributed by atoms with Crippen molar-refractivity contribution in [3.8, 4) is 0 Å². The summed E-state index contributed by atoms with van der Waals surface area (Å²) in [5.41, 5.74) is 2.53. The molecule has 0 aliphatic carbocycles. The van der Waals surface area contributed by atoms with Crippen LogP contribution in [0.25, 0.3) is 16.6 Å². The van der Waals surface area contributed by atoms with Gasteiger partial charge in [0.25, 0.3) is 11.5 Å². The van der Waals surface area contributed by atoms with Gasteiger partial charge in [0.1, 0.15) is 5.65 Å². The zero-order chi connectivity index (χ0) is 21.1. The number of hydrogen-bond acceptors (Lipinski definition) is 5. The second kappa shape index (κ2) is 8.67. The topological polar surface area (TPSA) is 76.4 Å². The quantitative estimate of drug-likeness (QED) is 0.292. The molecule has 0 radical (unpaired) electrons. The fourth-order valence-electron chi connectivity index (χ4n) is 3.19. The molecule has 1 amide bonds. The lowest BCUT2D eigenvalue weighted by atomic mass is 10.0. The molecule has 30 heavy (non-hydrogen) atoms. The first-order valence-corrected chi connectivity index (χ1v) is 10.8. The maximum Gasteiger partial charge on any atom is 0.265 e. The van der Waals surface area contributed by atoms with Crippen LogP contribution in [0, 0.1) is 0 Å². The van der Waals surface area contributed by atoms with Crippen LogP contribution in [0.1, 0.15) is 35.7 Å². The van der Waals surface area contributed by atoms with Crippen LogP contribution >= 0.6 is 11.8 Å². The van der Waals surface area contributed by atoms with E-state index in [1.165, 1.54) is 4.40 Å². The summed E-state index contributed by atoms with van der Waals surface area (Å²) in [5.74, 6) is 0.847. The minimum absolute atomic E-state index is 0.166. The van der Waals surface area contributed by atoms with Gasteiger partial charge in [-0.15, -0.1) is 11.8 Å². The second-order valence-electron chi connectivity index (χ2n) is 7.28. The lowest BCUT2D eigenvalue weighted by Crippen LogP contribution is -2.27. The van der Waals surface area contributed by atoms with Gasteiger partial charge < -0.3 is 5.32 Å². The van der Waals surface area contributed by atoms with Gasteiger partial charge in [0, 0.05) is 35.8 Å². The van der Waals surface area contributed by atoms with Crippen LogP contribution in [0.2, 0.25) is 0 Å². The first-order chi connectivity index (χ1) is 14.5. The molecule has 6 nitrogen and oxygen atoms in total. The van der Waals surface area contributed by atoms with Crippen molar-refractivity contribution < 1.29 is 4.79 Å². The molecule has 0 saturated heterocycles. The van der Waals surface area contributed by atoms with E-state index in [0.29, 0.717) is 34.6 Å². The third-order valence-electron chi connectivity index (χ3n) is 4.87. The molecule has 0 saturated carbocycles. The molecule has 152 valence electrons. The molecular formula is C23H22N4O2S. The molecule has 0 fully saturated rings. The highest BCUT2D eigenvalue weighted by molar-refractivity contribution is 7.99. The Labute approximate surface area is 178 Å². The van der Waals surface area contributed by atoms with Crippen molar-refractivity contribution in [1.29, 1.82) is 0 Å². The maximum absolute atomic E-state index is 13.0. The Morgan fingerprint density at radius 3 is 2.70 bits per heavy atom. The zero-order valence-corrected chi connectivity index (χ0v) is 17.6. The summed E-state index contributed by atoms with van der Waals surface area (Å²) in [6.45, 7) is 4.69. The summed E-state index contributed by atoms with van der Waals surface area (Å²) in [4.78, 5) is 35.3. The van der Waals surface area contributed by atoms with Gasteiger partial charge in [-0.1, -0.05) is 19.9 Å². The number of benzene rings is 1. The highest BCUT2D eigenvalue weighted by atomic mass is 32.2. The molecule has 0 atom stereocenters. The monoisotopic (exact) mass is 418 g/mol. The first-order valence-electron chi connectivity index (χ1n) is 9.80. The summed E-state index contributed by atoms with van der Waals surface area (Å²) in [5, 5.41) is 3.46. The summed E-state index contributed by atoms with van der Waals surface area (Å²) in [6.07, 6.45) is 5.06. The van der Waals surface area contributed by atoms with Gasteiger partial charge in [-0.05, 0) is 47.9 Å². The minimum Gasteiger partial charge on any atom is -0.351 e. The van der Waals surface area contributed by atoms with E-state index in [1.54, 1.807) is 42.5 Å². The average Bonchev–Trinajstić information content (AvgIpc) is 2.77. The second-order valence-corrected chi connectivity index (χ2v) is 8.45. The van der Waals surface area contributed by atoms with E-state index in [9.17, 15) is 9.59 Å². The number of carbonyl (C=O) groups is 1. The maximum atomic E-state index is 13.0. The van der Waals surface area contributed by atoms with Crippen molar-refractivity contribution in [2.24, 2.45) is 0 Å². The number of aromatic nitrogens is 3. The van der Waals surface area contributed by atoms with Crippen LogP contribution in [0.4, 0.5) is 0 Å². The molecule has 0 bridgehead atoms. The molecule has 1 aromatic carbocycles. The smallest absolute Gasteiger partial charge is 0.265 e. The zero-order valence-electron chi connectivity index (χ0n) is 16.8. The number of hydrogen-bond donors (Lipinski definition) is 1. The fourth-order valence-corrected chi connectivity index (χ4v) is 3.94. The van der Waals surface area contributed by atoms with E-state index in [0.717, 1.165) is 16.2 Å². The predicted molar refractivity (Wildman–Crippen MR) is 120 cm³/mol. The Morgan fingerprint density at radius 1 is 1.13 bits per heavy atom. The van der Waals surface area contributed by atoms with Gasteiger partial charge in [-0.3, -0.25) is 19.0 Å². The van der Waals surface area contributed by atoms with Crippen molar-refractivity contribution in [2.75, 3.05) is 12.3 Å². The highest BCUT2D eigenvalue weighted by Crippen LogP contribution is 2.19. The Hall–Kier alpha value is -3.19. The summed E-state index contributed by atoms with van der Waals surface area (Å²) in [7, 11) is 0. The Kier molecular flexibility index (Phi) is 5.81. The number of nitrogens with one attached hydrogen (secondary N) is 1. The molecule has 4 aromatic rings. The van der Waals surface area contributed by atoms with Crippen LogP contribution in [0.3, 0.4) is 0 Å². The number of fused-ring (bicyclic) bond motifs is 2. The normalized spacial score (nSPS) is 11.3. The number of nitrogens with zero attached hydrogens (tertiary/aromatic N) is 3. The fraction of sp³-hybridized carbons (Fsp3) is 0.217. The van der Waals surface area contributed by atoms with Gasteiger partial charge in [0.05, 0.1) is 16.5 Å². The van der Waals surface area contributed by atoms with Gasteiger partial charge >= 0.3 is 0 Å². The van der Waals surface area contributed by atoms with E-state index in [-0.39, 0.29) is 11.5 Å². The van der Waals surface area contributed by atoms with Crippen molar-refractivity contribution in [3.05, 3.63) is 82.5 Å². The first kappa shape index (κ1) is 20.1. The van der Waals surface area contributed by atoms with Gasteiger partial charge in [-0.25, -0.2) is 4.98 Å². The molecule has 3 aromatic heterocycles. The van der Waals surface area contributed by atoms with Crippen molar-refractivity contribution in [2.45, 2.75) is 24.7 Å². The predicted octanol–water partition coefficient (Wildman–Crippen LogP) is 3.89. The van der Waals surface area contributed by atoms with E-state index >= 15 is 0 Å². The molecule has 0 aliphatic rings. The number of thioether (sulfide) groups is 1. The lowest BCUT2D eigenvalue weighted by Gasteiger charge is -2.09. The van der Waals surface area contributed by atoms with E-state index in [2.05, 4.69) is 29.1 Å². The minimum atomic E-state index is -0.213. The Morgan fingerprint density at radius 2 is 1.93 bits per heavy atom. The summed E-state index contributed by atoms with van der Waals surface area (Å²) in [6, 6.07) is 13.0. The Balaban J connectivity index is 1.54. The Bertz CT molecular complexity index is 1270. The van der Waals surface area contributed by atoms with Crippen LogP contribution in [-0.4, -0.2) is 32.6 Å². The van der Waals surface area contributed by atoms with Crippen molar-refractivity contribution in [1.82, 2.24) is 19.7 Å². The molecule has 0 unspecified atom stereocenters. The number of rotatable bonds is 6.